The third kappa shape index (κ3) is 4.05. The summed E-state index contributed by atoms with van der Waals surface area (Å²) in [5.41, 5.74) is 2.11. The summed E-state index contributed by atoms with van der Waals surface area (Å²) >= 11 is 6.58. The van der Waals surface area contributed by atoms with Crippen molar-refractivity contribution in [2.75, 3.05) is 13.2 Å². The molecule has 32 heavy (non-hydrogen) atoms. The second-order valence-electron chi connectivity index (χ2n) is 7.77. The summed E-state index contributed by atoms with van der Waals surface area (Å²) in [6.07, 6.45) is -5.25. The van der Waals surface area contributed by atoms with Gasteiger partial charge in [0, 0.05) is 0 Å². The molecule has 2 heterocycles. The Kier molecular flexibility index (Phi) is 6.62. The van der Waals surface area contributed by atoms with Crippen LogP contribution in [0.4, 0.5) is 0 Å². The molecule has 172 valence electrons. The van der Waals surface area contributed by atoms with Crippen LogP contribution in [-0.2, 0) is 11.2 Å². The Morgan fingerprint density at radius 1 is 1.06 bits per heavy atom. The van der Waals surface area contributed by atoms with Gasteiger partial charge in [0.05, 0.1) is 23.6 Å². The molecule has 0 bridgehead atoms. The van der Waals surface area contributed by atoms with Crippen molar-refractivity contribution in [1.82, 2.24) is 0 Å². The molecule has 0 spiro atoms. The fraction of sp³-hybridized carbons (Fsp3) is 0.391. The molecule has 0 amide bonds. The average molecular weight is 465 g/mol. The molecule has 5 N–H and O–H groups in total. The molecule has 5 atom stereocenters. The lowest BCUT2D eigenvalue weighted by molar-refractivity contribution is -0.231. The molecule has 2 aromatic carbocycles. The van der Waals surface area contributed by atoms with E-state index >= 15 is 0 Å². The van der Waals surface area contributed by atoms with Gasteiger partial charge in [-0.3, -0.25) is 0 Å². The number of fused-ring (bicyclic) bond motifs is 1. The molecule has 4 rings (SSSR count). The average Bonchev–Trinajstić information content (AvgIpc) is 3.18. The van der Waals surface area contributed by atoms with E-state index in [1.54, 1.807) is 6.07 Å². The molecule has 1 aromatic heterocycles. The summed E-state index contributed by atoms with van der Waals surface area (Å²) in [7, 11) is 0. The molecule has 0 saturated carbocycles. The van der Waals surface area contributed by atoms with Crippen molar-refractivity contribution >= 4 is 22.6 Å². The SMILES string of the molecule is CCOc1ccc(Cc2cc([C@@H]3O[C@H](CO)[C@@H](O)[C@H](O)[C@H]3O)c3c(O)coc3c2Cl)cc1. The summed E-state index contributed by atoms with van der Waals surface area (Å²) in [6.45, 7) is 1.91. The maximum absolute atomic E-state index is 10.6. The molecule has 1 fully saturated rings. The van der Waals surface area contributed by atoms with Gasteiger partial charge in [0.15, 0.2) is 11.3 Å². The van der Waals surface area contributed by atoms with E-state index in [9.17, 15) is 25.5 Å². The Bertz CT molecular complexity index is 1080. The monoisotopic (exact) mass is 464 g/mol. The Hall–Kier alpha value is -2.33. The van der Waals surface area contributed by atoms with Crippen LogP contribution in [0.25, 0.3) is 11.0 Å². The first-order valence-electron chi connectivity index (χ1n) is 10.3. The van der Waals surface area contributed by atoms with Gasteiger partial charge in [-0.05, 0) is 42.2 Å². The lowest BCUT2D eigenvalue weighted by Gasteiger charge is -2.40. The van der Waals surface area contributed by atoms with E-state index in [2.05, 4.69) is 0 Å². The topological polar surface area (TPSA) is 133 Å². The van der Waals surface area contributed by atoms with Crippen molar-refractivity contribution in [3.63, 3.8) is 0 Å². The second-order valence-corrected chi connectivity index (χ2v) is 8.15. The van der Waals surface area contributed by atoms with Crippen LogP contribution in [0.15, 0.2) is 41.0 Å². The van der Waals surface area contributed by atoms with Gasteiger partial charge >= 0.3 is 0 Å². The number of halogens is 1. The van der Waals surface area contributed by atoms with Gasteiger partial charge in [0.25, 0.3) is 0 Å². The molecule has 8 nitrogen and oxygen atoms in total. The highest BCUT2D eigenvalue weighted by Gasteiger charge is 2.45. The maximum atomic E-state index is 10.6. The fourth-order valence-corrected chi connectivity index (χ4v) is 4.32. The molecule has 1 aliphatic rings. The maximum Gasteiger partial charge on any atom is 0.162 e. The molecule has 1 aliphatic heterocycles. The van der Waals surface area contributed by atoms with E-state index in [0.29, 0.717) is 29.2 Å². The van der Waals surface area contributed by atoms with Crippen LogP contribution >= 0.6 is 11.6 Å². The molecule has 1 saturated heterocycles. The minimum absolute atomic E-state index is 0.207. The van der Waals surface area contributed by atoms with Crippen molar-refractivity contribution in [3.05, 3.63) is 58.3 Å². The van der Waals surface area contributed by atoms with Crippen LogP contribution in [0.1, 0.15) is 29.7 Å². The van der Waals surface area contributed by atoms with Crippen LogP contribution in [-0.4, -0.2) is 63.2 Å². The van der Waals surface area contributed by atoms with E-state index in [4.69, 9.17) is 25.5 Å². The number of aliphatic hydroxyl groups excluding tert-OH is 4. The molecule has 0 radical (unpaired) electrons. The van der Waals surface area contributed by atoms with Gasteiger partial charge in [0.2, 0.25) is 0 Å². The lowest BCUT2D eigenvalue weighted by atomic mass is 9.88. The van der Waals surface area contributed by atoms with E-state index in [-0.39, 0.29) is 16.7 Å². The Labute approximate surface area is 189 Å². The van der Waals surface area contributed by atoms with E-state index in [1.807, 2.05) is 31.2 Å². The van der Waals surface area contributed by atoms with E-state index in [0.717, 1.165) is 17.6 Å². The predicted molar refractivity (Wildman–Crippen MR) is 116 cm³/mol. The van der Waals surface area contributed by atoms with Crippen molar-refractivity contribution < 1.29 is 39.4 Å². The number of ether oxygens (including phenoxy) is 2. The summed E-state index contributed by atoms with van der Waals surface area (Å²) in [5.74, 6) is 0.539. The van der Waals surface area contributed by atoms with Crippen LogP contribution in [0.3, 0.4) is 0 Å². The van der Waals surface area contributed by atoms with E-state index < -0.39 is 37.1 Å². The standard InChI is InChI=1S/C23H25ClO8/c1-2-30-13-5-3-11(4-6-13)7-12-8-14(17-15(26)10-31-23(17)18(12)24)22-21(29)20(28)19(27)16(9-25)32-22/h3-6,8,10,16,19-22,25-29H,2,7,9H2,1H3/t16-,19-,20+,21-,22+/m1/s1. The molecule has 9 heteroatoms. The number of rotatable bonds is 6. The molecular formula is C23H25ClO8. The van der Waals surface area contributed by atoms with Crippen molar-refractivity contribution in [3.8, 4) is 11.5 Å². The van der Waals surface area contributed by atoms with Crippen molar-refractivity contribution in [2.45, 2.75) is 43.9 Å². The summed E-state index contributed by atoms with van der Waals surface area (Å²) in [6, 6.07) is 9.17. The van der Waals surface area contributed by atoms with Crippen molar-refractivity contribution in [1.29, 1.82) is 0 Å². The minimum Gasteiger partial charge on any atom is -0.504 e. The van der Waals surface area contributed by atoms with Gasteiger partial charge in [0.1, 0.15) is 42.5 Å². The Morgan fingerprint density at radius 3 is 2.44 bits per heavy atom. The zero-order chi connectivity index (χ0) is 23.0. The van der Waals surface area contributed by atoms with Gasteiger partial charge in [-0.25, -0.2) is 0 Å². The molecule has 0 aliphatic carbocycles. The number of benzene rings is 2. The summed E-state index contributed by atoms with van der Waals surface area (Å²) in [5, 5.41) is 51.4. The summed E-state index contributed by atoms with van der Waals surface area (Å²) < 4.78 is 16.7. The van der Waals surface area contributed by atoms with Crippen LogP contribution in [0.2, 0.25) is 5.02 Å². The van der Waals surface area contributed by atoms with Gasteiger partial charge in [-0.15, -0.1) is 0 Å². The molecule has 0 unspecified atom stereocenters. The minimum atomic E-state index is -1.56. The van der Waals surface area contributed by atoms with Gasteiger partial charge in [-0.1, -0.05) is 29.8 Å². The number of aromatic hydroxyl groups is 1. The third-order valence-corrected chi connectivity index (χ3v) is 6.11. The van der Waals surface area contributed by atoms with Crippen LogP contribution < -0.4 is 4.74 Å². The highest BCUT2D eigenvalue weighted by Crippen LogP contribution is 2.44. The van der Waals surface area contributed by atoms with Gasteiger partial charge < -0.3 is 39.4 Å². The first-order chi connectivity index (χ1) is 15.3. The lowest BCUT2D eigenvalue weighted by Crippen LogP contribution is -2.55. The van der Waals surface area contributed by atoms with Crippen LogP contribution in [0.5, 0.6) is 11.5 Å². The zero-order valence-corrected chi connectivity index (χ0v) is 18.1. The van der Waals surface area contributed by atoms with Gasteiger partial charge in [-0.2, -0.15) is 0 Å². The van der Waals surface area contributed by atoms with Crippen molar-refractivity contribution in [2.24, 2.45) is 0 Å². The highest BCUT2D eigenvalue weighted by atomic mass is 35.5. The quantitative estimate of drug-likeness (QED) is 0.375. The number of aliphatic hydroxyl groups is 4. The zero-order valence-electron chi connectivity index (χ0n) is 17.3. The van der Waals surface area contributed by atoms with E-state index in [1.165, 1.54) is 0 Å². The van der Waals surface area contributed by atoms with Crippen LogP contribution in [0, 0.1) is 0 Å². The number of hydrogen-bond acceptors (Lipinski definition) is 8. The first kappa shape index (κ1) is 22.8. The fourth-order valence-electron chi connectivity index (χ4n) is 4.06. The number of furan rings is 1. The largest absolute Gasteiger partial charge is 0.504 e. The second kappa shape index (κ2) is 9.27. The normalized spacial score (nSPS) is 25.9. The Balaban J connectivity index is 1.77. The predicted octanol–water partition coefficient (Wildman–Crippen LogP) is 2.30. The molecular weight excluding hydrogens is 440 g/mol. The highest BCUT2D eigenvalue weighted by molar-refractivity contribution is 6.36. The number of hydrogen-bond donors (Lipinski definition) is 5. The third-order valence-electron chi connectivity index (χ3n) is 5.70. The molecule has 3 aromatic rings. The summed E-state index contributed by atoms with van der Waals surface area (Å²) in [4.78, 5) is 0. The first-order valence-corrected chi connectivity index (χ1v) is 10.7. The smallest absolute Gasteiger partial charge is 0.162 e. The Morgan fingerprint density at radius 2 is 1.78 bits per heavy atom.